The van der Waals surface area contributed by atoms with E-state index in [1.807, 2.05) is 6.92 Å². The van der Waals surface area contributed by atoms with Crippen LogP contribution in [0.15, 0.2) is 18.5 Å². The molecule has 0 unspecified atom stereocenters. The van der Waals surface area contributed by atoms with Crippen molar-refractivity contribution in [3.63, 3.8) is 0 Å². The molecule has 0 spiro atoms. The average molecular weight is 249 g/mol. The van der Waals surface area contributed by atoms with Crippen molar-refractivity contribution < 1.29 is 9.53 Å². The van der Waals surface area contributed by atoms with Crippen molar-refractivity contribution in [2.45, 2.75) is 13.8 Å². The Balaban J connectivity index is 2.44. The molecule has 6 heteroatoms. The van der Waals surface area contributed by atoms with Gasteiger partial charge in [0.1, 0.15) is 4.88 Å². The largest absolute Gasteiger partial charge is 0.461 e. The first kappa shape index (κ1) is 11.7. The van der Waals surface area contributed by atoms with Gasteiger partial charge in [-0.1, -0.05) is 0 Å². The molecule has 5 nitrogen and oxygen atoms in total. The van der Waals surface area contributed by atoms with Crippen LogP contribution in [0.1, 0.15) is 22.4 Å². The predicted octanol–water partition coefficient (Wildman–Crippen LogP) is 2.09. The van der Waals surface area contributed by atoms with Crippen LogP contribution in [0.4, 0.5) is 0 Å². The first-order chi connectivity index (χ1) is 8.22. The number of aryl methyl sites for hydroxylation is 1. The molecule has 0 fully saturated rings. The van der Waals surface area contributed by atoms with Crippen LogP contribution in [0.5, 0.6) is 0 Å². The van der Waals surface area contributed by atoms with E-state index >= 15 is 0 Å². The fourth-order valence-corrected chi connectivity index (χ4v) is 2.19. The maximum Gasteiger partial charge on any atom is 0.358 e. The lowest BCUT2D eigenvalue weighted by atomic mass is 10.3. The zero-order valence-corrected chi connectivity index (χ0v) is 10.3. The van der Waals surface area contributed by atoms with Gasteiger partial charge in [0.2, 0.25) is 0 Å². The molecule has 2 heterocycles. The highest BCUT2D eigenvalue weighted by Gasteiger charge is 2.20. The van der Waals surface area contributed by atoms with Gasteiger partial charge in [0.05, 0.1) is 11.6 Å². The van der Waals surface area contributed by atoms with Crippen molar-refractivity contribution in [1.82, 2.24) is 15.0 Å². The Kier molecular flexibility index (Phi) is 3.43. The number of esters is 1. The molecule has 88 valence electrons. The average Bonchev–Trinajstić information content (AvgIpc) is 2.73. The number of nitrogens with zero attached hydrogens (tertiary/aromatic N) is 3. The third-order valence-corrected chi connectivity index (χ3v) is 2.94. The highest BCUT2D eigenvalue weighted by atomic mass is 32.1. The quantitative estimate of drug-likeness (QED) is 0.779. The molecule has 0 atom stereocenters. The summed E-state index contributed by atoms with van der Waals surface area (Å²) in [5.74, 6) is 0.0699. The number of hydrogen-bond donors (Lipinski definition) is 0. The van der Waals surface area contributed by atoms with Crippen molar-refractivity contribution in [2.24, 2.45) is 0 Å². The molecule has 0 amide bonds. The van der Waals surface area contributed by atoms with E-state index in [9.17, 15) is 4.79 Å². The molecule has 2 aromatic heterocycles. The summed E-state index contributed by atoms with van der Waals surface area (Å²) in [6.07, 6.45) is 3.26. The number of carbonyl (C=O) groups excluding carboxylic acids is 1. The Morgan fingerprint density at radius 3 is 2.76 bits per heavy atom. The number of rotatable bonds is 3. The summed E-state index contributed by atoms with van der Waals surface area (Å²) in [6, 6.07) is 1.72. The number of hydrogen-bond acceptors (Lipinski definition) is 6. The summed E-state index contributed by atoms with van der Waals surface area (Å²) in [4.78, 5) is 24.8. The molecule has 0 bridgehead atoms. The van der Waals surface area contributed by atoms with Crippen LogP contribution in [-0.2, 0) is 4.74 Å². The molecule has 17 heavy (non-hydrogen) atoms. The van der Waals surface area contributed by atoms with E-state index in [0.717, 1.165) is 5.01 Å². The van der Waals surface area contributed by atoms with Gasteiger partial charge in [0.15, 0.2) is 11.5 Å². The molecule has 0 aliphatic carbocycles. The summed E-state index contributed by atoms with van der Waals surface area (Å²) in [7, 11) is 0. The standard InChI is InChI=1S/C11H11N3O2S/c1-3-16-11(15)8-9(17-7(2)14-8)10-12-5-4-6-13-10/h4-6H,3H2,1-2H3. The van der Waals surface area contributed by atoms with Crippen molar-refractivity contribution in [3.05, 3.63) is 29.2 Å². The van der Waals surface area contributed by atoms with Gasteiger partial charge in [-0.15, -0.1) is 11.3 Å². The third-order valence-electron chi connectivity index (χ3n) is 1.97. The van der Waals surface area contributed by atoms with Gasteiger partial charge in [0, 0.05) is 12.4 Å². The van der Waals surface area contributed by atoms with E-state index < -0.39 is 5.97 Å². The second-order valence-corrected chi connectivity index (χ2v) is 4.41. The normalized spacial score (nSPS) is 10.2. The molecule has 2 rings (SSSR count). The minimum atomic E-state index is -0.431. The fraction of sp³-hybridized carbons (Fsp3) is 0.273. The third kappa shape index (κ3) is 2.47. The molecule has 0 saturated heterocycles. The Morgan fingerprint density at radius 2 is 2.12 bits per heavy atom. The predicted molar refractivity (Wildman–Crippen MR) is 63.8 cm³/mol. The van der Waals surface area contributed by atoms with E-state index in [-0.39, 0.29) is 0 Å². The van der Waals surface area contributed by atoms with Crippen LogP contribution in [0.25, 0.3) is 10.7 Å². The van der Waals surface area contributed by atoms with Crippen molar-refractivity contribution in [3.8, 4) is 10.7 Å². The van der Waals surface area contributed by atoms with Crippen LogP contribution < -0.4 is 0 Å². The van der Waals surface area contributed by atoms with E-state index in [4.69, 9.17) is 4.74 Å². The smallest absolute Gasteiger partial charge is 0.358 e. The zero-order chi connectivity index (χ0) is 12.3. The Hall–Kier alpha value is -1.82. The molecule has 0 aliphatic rings. The van der Waals surface area contributed by atoms with E-state index in [0.29, 0.717) is 23.0 Å². The number of carbonyl (C=O) groups is 1. The summed E-state index contributed by atoms with van der Waals surface area (Å²) in [5.41, 5.74) is 0.292. The topological polar surface area (TPSA) is 65.0 Å². The zero-order valence-electron chi connectivity index (χ0n) is 9.51. The summed E-state index contributed by atoms with van der Waals surface area (Å²) in [6.45, 7) is 3.92. The molecule has 0 aliphatic heterocycles. The van der Waals surface area contributed by atoms with Gasteiger partial charge in [-0.25, -0.2) is 19.7 Å². The highest BCUT2D eigenvalue weighted by molar-refractivity contribution is 7.15. The lowest BCUT2D eigenvalue weighted by Gasteiger charge is -2.00. The van der Waals surface area contributed by atoms with Crippen LogP contribution in [0.3, 0.4) is 0 Å². The Morgan fingerprint density at radius 1 is 1.41 bits per heavy atom. The van der Waals surface area contributed by atoms with Crippen LogP contribution in [0.2, 0.25) is 0 Å². The van der Waals surface area contributed by atoms with Crippen LogP contribution in [0, 0.1) is 6.92 Å². The second kappa shape index (κ2) is 5.01. The minimum Gasteiger partial charge on any atom is -0.461 e. The maximum atomic E-state index is 11.7. The molecule has 0 radical (unpaired) electrons. The summed E-state index contributed by atoms with van der Waals surface area (Å²) in [5, 5.41) is 0.788. The SMILES string of the molecule is CCOC(=O)c1nc(C)sc1-c1ncccn1. The van der Waals surface area contributed by atoms with Crippen molar-refractivity contribution in [1.29, 1.82) is 0 Å². The first-order valence-corrected chi connectivity index (χ1v) is 5.96. The maximum absolute atomic E-state index is 11.7. The lowest BCUT2D eigenvalue weighted by Crippen LogP contribution is -2.07. The van der Waals surface area contributed by atoms with Crippen molar-refractivity contribution >= 4 is 17.3 Å². The van der Waals surface area contributed by atoms with Gasteiger partial charge < -0.3 is 4.74 Å². The molecule has 0 N–H and O–H groups in total. The first-order valence-electron chi connectivity index (χ1n) is 5.14. The van der Waals surface area contributed by atoms with Crippen LogP contribution in [-0.4, -0.2) is 27.5 Å². The second-order valence-electron chi connectivity index (χ2n) is 3.20. The van der Waals surface area contributed by atoms with Crippen LogP contribution >= 0.6 is 11.3 Å². The molecular weight excluding hydrogens is 238 g/mol. The Labute approximate surface area is 103 Å². The van der Waals surface area contributed by atoms with Gasteiger partial charge in [-0.3, -0.25) is 0 Å². The summed E-state index contributed by atoms with van der Waals surface area (Å²) < 4.78 is 4.95. The molecular formula is C11H11N3O2S. The number of thiazole rings is 1. The molecule has 0 aromatic carbocycles. The van der Waals surface area contributed by atoms with Gasteiger partial charge in [-0.05, 0) is 19.9 Å². The molecule has 2 aromatic rings. The van der Waals surface area contributed by atoms with E-state index in [1.165, 1.54) is 11.3 Å². The number of ether oxygens (including phenoxy) is 1. The minimum absolute atomic E-state index is 0.292. The highest BCUT2D eigenvalue weighted by Crippen LogP contribution is 2.27. The number of aromatic nitrogens is 3. The monoisotopic (exact) mass is 249 g/mol. The van der Waals surface area contributed by atoms with E-state index in [2.05, 4.69) is 15.0 Å². The van der Waals surface area contributed by atoms with Gasteiger partial charge in [-0.2, -0.15) is 0 Å². The fourth-order valence-electron chi connectivity index (χ4n) is 1.33. The summed E-state index contributed by atoms with van der Waals surface area (Å²) >= 11 is 1.38. The van der Waals surface area contributed by atoms with Gasteiger partial charge in [0.25, 0.3) is 0 Å². The van der Waals surface area contributed by atoms with Gasteiger partial charge >= 0.3 is 5.97 Å². The van der Waals surface area contributed by atoms with Crippen molar-refractivity contribution in [2.75, 3.05) is 6.61 Å². The van der Waals surface area contributed by atoms with E-state index in [1.54, 1.807) is 25.4 Å². The lowest BCUT2D eigenvalue weighted by molar-refractivity contribution is 0.0521. The molecule has 0 saturated carbocycles. The Bertz CT molecular complexity index is 525.